The number of imidazole rings is 1. The molecule has 0 amide bonds. The summed E-state index contributed by atoms with van der Waals surface area (Å²) in [5.41, 5.74) is 3.14. The first-order valence-corrected chi connectivity index (χ1v) is 13.8. The molecule has 232 valence electrons. The van der Waals surface area contributed by atoms with Crippen molar-refractivity contribution in [2.24, 2.45) is 7.05 Å². The van der Waals surface area contributed by atoms with Crippen molar-refractivity contribution in [2.75, 3.05) is 42.5 Å². The van der Waals surface area contributed by atoms with Gasteiger partial charge in [0.2, 0.25) is 11.5 Å². The molecule has 44 heavy (non-hydrogen) atoms. The molecular weight excluding hydrogens is 568 g/mol. The van der Waals surface area contributed by atoms with E-state index in [0.29, 0.717) is 74.8 Å². The van der Waals surface area contributed by atoms with Crippen molar-refractivity contribution in [3.8, 4) is 34.8 Å². The third-order valence-electron chi connectivity index (χ3n) is 7.35. The molecule has 0 aliphatic carbocycles. The molecule has 2 aromatic heterocycles. The molecule has 2 aromatic carbocycles. The highest BCUT2D eigenvalue weighted by Crippen LogP contribution is 2.39. The number of nitrogens with zero attached hydrogens (tertiary/aromatic N) is 6. The zero-order valence-electron chi connectivity index (χ0n) is 26.5. The Balaban J connectivity index is 1.89. The van der Waals surface area contributed by atoms with Gasteiger partial charge in [0.25, 0.3) is 0 Å². The zero-order chi connectivity index (χ0) is 32.3. The van der Waals surface area contributed by atoms with E-state index in [1.54, 1.807) is 50.0 Å². The van der Waals surface area contributed by atoms with Gasteiger partial charge in [-0.05, 0) is 36.1 Å². The number of carbonyl (C=O) groups is 1. The summed E-state index contributed by atoms with van der Waals surface area (Å²) < 4.78 is 25.6. The molecule has 0 aliphatic heterocycles. The Morgan fingerprint density at radius 3 is 2.20 bits per heavy atom. The predicted octanol–water partition coefficient (Wildman–Crippen LogP) is 4.11. The number of ether oxygens (including phenoxy) is 4. The Morgan fingerprint density at radius 1 is 1.05 bits per heavy atom. The number of rotatable bonds is 12. The molecule has 0 unspecified atom stereocenters. The number of nitro groups is 1. The molecule has 4 aromatic rings. The van der Waals surface area contributed by atoms with Gasteiger partial charge in [-0.2, -0.15) is 5.10 Å². The van der Waals surface area contributed by atoms with Crippen LogP contribution in [0, 0.1) is 22.0 Å². The first kappa shape index (κ1) is 31.8. The fourth-order valence-electron chi connectivity index (χ4n) is 5.33. The van der Waals surface area contributed by atoms with Crippen LogP contribution in [0.1, 0.15) is 46.9 Å². The van der Waals surface area contributed by atoms with E-state index in [-0.39, 0.29) is 17.4 Å². The molecule has 0 bridgehead atoms. The zero-order valence-corrected chi connectivity index (χ0v) is 26.5. The Morgan fingerprint density at radius 2 is 1.68 bits per heavy atom. The summed E-state index contributed by atoms with van der Waals surface area (Å²) >= 11 is 0. The van der Waals surface area contributed by atoms with Crippen LogP contribution in [0.4, 0.5) is 5.95 Å². The van der Waals surface area contributed by atoms with Crippen molar-refractivity contribution in [3.63, 3.8) is 0 Å². The van der Waals surface area contributed by atoms with Gasteiger partial charge >= 0.3 is 5.95 Å². The lowest BCUT2D eigenvalue weighted by atomic mass is 10.0. The summed E-state index contributed by atoms with van der Waals surface area (Å²) in [5.74, 6) is 7.12. The Labute approximate surface area is 255 Å². The van der Waals surface area contributed by atoms with Crippen molar-refractivity contribution in [1.82, 2.24) is 19.3 Å². The third kappa shape index (κ3) is 5.76. The summed E-state index contributed by atoms with van der Waals surface area (Å²) in [4.78, 5) is 29.5. The van der Waals surface area contributed by atoms with Crippen molar-refractivity contribution < 1.29 is 33.1 Å². The number of aryl methyl sites for hydroxylation is 1. The molecule has 0 atom stereocenters. The highest BCUT2D eigenvalue weighted by atomic mass is 16.6. The second-order valence-electron chi connectivity index (χ2n) is 10.7. The lowest BCUT2D eigenvalue weighted by molar-refractivity contribution is -0.926. The van der Waals surface area contributed by atoms with E-state index in [1.807, 2.05) is 21.0 Å². The number of ketones is 1. The quantitative estimate of drug-likeness (QED) is 0.0769. The van der Waals surface area contributed by atoms with Crippen molar-refractivity contribution in [3.05, 3.63) is 62.6 Å². The predicted molar refractivity (Wildman–Crippen MR) is 163 cm³/mol. The minimum Gasteiger partial charge on any atom is -0.495 e. The van der Waals surface area contributed by atoms with Gasteiger partial charge in [0.15, 0.2) is 29.6 Å². The van der Waals surface area contributed by atoms with E-state index in [4.69, 9.17) is 24.0 Å². The van der Waals surface area contributed by atoms with E-state index < -0.39 is 4.92 Å². The summed E-state index contributed by atoms with van der Waals surface area (Å²) in [6, 6.07) is 6.74. The average Bonchev–Trinajstić information content (AvgIpc) is 3.52. The number of carbonyl (C=O) groups excluding carboxylic acids is 1. The fraction of sp³-hybridized carbons (Fsp3) is 0.387. The molecule has 0 N–H and O–H groups in total. The van der Waals surface area contributed by atoms with Gasteiger partial charge in [-0.15, -0.1) is 5.92 Å². The van der Waals surface area contributed by atoms with Gasteiger partial charge in [0.1, 0.15) is 18.0 Å². The van der Waals surface area contributed by atoms with Gasteiger partial charge < -0.3 is 33.5 Å². The molecule has 0 saturated heterocycles. The minimum absolute atomic E-state index is 0.204. The van der Waals surface area contributed by atoms with E-state index in [0.717, 1.165) is 5.69 Å². The summed E-state index contributed by atoms with van der Waals surface area (Å²) in [5, 5.41) is 17.0. The van der Waals surface area contributed by atoms with Crippen LogP contribution in [0.25, 0.3) is 10.9 Å². The lowest BCUT2D eigenvalue weighted by Crippen LogP contribution is -2.41. The monoisotopic (exact) mass is 605 g/mol. The molecule has 13 heteroatoms. The molecule has 2 heterocycles. The molecule has 0 saturated carbocycles. The highest BCUT2D eigenvalue weighted by molar-refractivity contribution is 6.16. The maximum Gasteiger partial charge on any atom is 0.435 e. The number of hydrogen-bond acceptors (Lipinski definition) is 9. The number of fused-ring (bicyclic) bond motifs is 1. The Hall–Kier alpha value is -5.09. The molecule has 0 aliphatic rings. The van der Waals surface area contributed by atoms with Crippen molar-refractivity contribution in [2.45, 2.75) is 33.5 Å². The Kier molecular flexibility index (Phi) is 9.15. The van der Waals surface area contributed by atoms with Crippen LogP contribution in [-0.2, 0) is 26.7 Å². The van der Waals surface area contributed by atoms with E-state index in [2.05, 4.69) is 16.8 Å². The van der Waals surface area contributed by atoms with E-state index in [9.17, 15) is 14.9 Å². The topological polar surface area (TPSA) is 133 Å². The number of methoxy groups -OCH3 is 4. The Bertz CT molecular complexity index is 1780. The third-order valence-corrected chi connectivity index (χ3v) is 7.35. The second kappa shape index (κ2) is 12.6. The molecule has 4 rings (SSSR count). The van der Waals surface area contributed by atoms with Gasteiger partial charge in [-0.25, -0.2) is 9.25 Å². The molecule has 0 fully saturated rings. The molecule has 13 nitrogen and oxygen atoms in total. The first-order valence-electron chi connectivity index (χ1n) is 13.8. The highest BCUT2D eigenvalue weighted by Gasteiger charge is 2.32. The largest absolute Gasteiger partial charge is 0.495 e. The average molecular weight is 606 g/mol. The SMILES string of the molecule is CC#Cc1c(OC)ccc2c(C(=O)c3cc(OC)c(OC)c(OC)c3)nn(C[N+](C)(C)Cc3c(CC)nc([N+](=O)[O-])n3C)c12. The minimum atomic E-state index is -0.479. The maximum absolute atomic E-state index is 14.1. The molecule has 0 radical (unpaired) electrons. The van der Waals surface area contributed by atoms with Crippen LogP contribution in [-0.4, -0.2) is 77.1 Å². The van der Waals surface area contributed by atoms with Gasteiger partial charge in [0.05, 0.1) is 60.7 Å². The van der Waals surface area contributed by atoms with Crippen LogP contribution < -0.4 is 18.9 Å². The van der Waals surface area contributed by atoms with Crippen molar-refractivity contribution >= 4 is 22.6 Å². The van der Waals surface area contributed by atoms with E-state index in [1.165, 1.54) is 25.9 Å². The first-order chi connectivity index (χ1) is 20.9. The van der Waals surface area contributed by atoms with Gasteiger partial charge in [0, 0.05) is 17.4 Å². The van der Waals surface area contributed by atoms with Crippen LogP contribution in [0.3, 0.4) is 0 Å². The summed E-state index contributed by atoms with van der Waals surface area (Å²) in [6.07, 6.45) is 0.544. The van der Waals surface area contributed by atoms with Crippen molar-refractivity contribution in [1.29, 1.82) is 0 Å². The second-order valence-corrected chi connectivity index (χ2v) is 10.7. The molecule has 0 spiro atoms. The van der Waals surface area contributed by atoms with Crippen LogP contribution in [0.2, 0.25) is 0 Å². The van der Waals surface area contributed by atoms with Crippen LogP contribution >= 0.6 is 0 Å². The normalized spacial score (nSPS) is 11.2. The maximum atomic E-state index is 14.1. The molecular formula is C31H37N6O7+. The number of quaternary nitrogens is 1. The summed E-state index contributed by atoms with van der Waals surface area (Å²) in [7, 11) is 11.6. The van der Waals surface area contributed by atoms with Crippen LogP contribution in [0.5, 0.6) is 23.0 Å². The lowest BCUT2D eigenvalue weighted by Gasteiger charge is -2.29. The fourth-order valence-corrected chi connectivity index (χ4v) is 5.33. The summed E-state index contributed by atoms with van der Waals surface area (Å²) in [6.45, 7) is 4.35. The smallest absolute Gasteiger partial charge is 0.435 e. The number of aromatic nitrogens is 4. The van der Waals surface area contributed by atoms with Gasteiger partial charge in [-0.1, -0.05) is 17.8 Å². The number of hydrogen-bond donors (Lipinski definition) is 0. The van der Waals surface area contributed by atoms with Crippen LogP contribution in [0.15, 0.2) is 24.3 Å². The standard InChI is InChI=1S/C31H37N6O7/c1-10-12-20-24(41-6)14-13-21-27(29(38)19-15-25(42-7)30(44-9)26(16-19)43-8)33-35(28(20)21)18-37(4,5)17-23-22(11-2)32-31(34(23)3)36(39)40/h13-16H,11,17-18H2,1-9H3/q+1. The number of benzene rings is 2. The van der Waals surface area contributed by atoms with E-state index >= 15 is 0 Å². The van der Waals surface area contributed by atoms with Gasteiger partial charge in [-0.3, -0.25) is 4.79 Å².